The van der Waals surface area contributed by atoms with E-state index >= 15 is 0 Å². The van der Waals surface area contributed by atoms with E-state index in [-0.39, 0.29) is 24.9 Å². The standard InChI is InChI=1S/C20H23N3O4/c1-14-3-5-15(6-4-14)21-19(24)12-23(2)13-20(25)22-16-7-8-17-18(11-16)27-10-9-26-17/h3-8,11H,9-10,12-13H2,1-2H3,(H,21,24)(H,22,25)/p+1. The van der Waals surface area contributed by atoms with Crippen molar-refractivity contribution in [3.8, 4) is 11.5 Å². The third kappa shape index (κ3) is 5.46. The number of fused-ring (bicyclic) bond motifs is 1. The van der Waals surface area contributed by atoms with E-state index in [1.165, 1.54) is 0 Å². The molecule has 142 valence electrons. The second-order valence-corrected chi connectivity index (χ2v) is 6.63. The fourth-order valence-electron chi connectivity index (χ4n) is 2.78. The van der Waals surface area contributed by atoms with E-state index in [2.05, 4.69) is 10.6 Å². The predicted octanol–water partition coefficient (Wildman–Crippen LogP) is 0.858. The van der Waals surface area contributed by atoms with Gasteiger partial charge in [0.25, 0.3) is 11.8 Å². The van der Waals surface area contributed by atoms with Gasteiger partial charge in [-0.1, -0.05) is 17.7 Å². The zero-order valence-electron chi connectivity index (χ0n) is 15.5. The molecule has 0 radical (unpaired) electrons. The number of carbonyl (C=O) groups is 2. The number of carbonyl (C=O) groups excluding carboxylic acids is 2. The number of ether oxygens (including phenoxy) is 2. The lowest BCUT2D eigenvalue weighted by atomic mass is 10.2. The fourth-order valence-corrected chi connectivity index (χ4v) is 2.78. The second-order valence-electron chi connectivity index (χ2n) is 6.63. The molecule has 1 heterocycles. The summed E-state index contributed by atoms with van der Waals surface area (Å²) in [6.07, 6.45) is 0. The summed E-state index contributed by atoms with van der Waals surface area (Å²) >= 11 is 0. The van der Waals surface area contributed by atoms with Gasteiger partial charge in [0.2, 0.25) is 0 Å². The summed E-state index contributed by atoms with van der Waals surface area (Å²) in [6, 6.07) is 12.9. The molecular formula is C20H24N3O4+. The first kappa shape index (κ1) is 18.7. The van der Waals surface area contributed by atoms with Crippen LogP contribution in [0.3, 0.4) is 0 Å². The van der Waals surface area contributed by atoms with Crippen molar-refractivity contribution in [3.05, 3.63) is 48.0 Å². The highest BCUT2D eigenvalue weighted by Gasteiger charge is 2.16. The summed E-state index contributed by atoms with van der Waals surface area (Å²) in [4.78, 5) is 25.1. The largest absolute Gasteiger partial charge is 0.486 e. The van der Waals surface area contributed by atoms with Gasteiger partial charge in [-0.05, 0) is 31.2 Å². The minimum Gasteiger partial charge on any atom is -0.486 e. The van der Waals surface area contributed by atoms with Crippen LogP contribution in [0.4, 0.5) is 11.4 Å². The Kier molecular flexibility index (Phi) is 5.93. The third-order valence-corrected chi connectivity index (χ3v) is 4.09. The number of rotatable bonds is 6. The molecule has 0 saturated carbocycles. The first-order valence-electron chi connectivity index (χ1n) is 8.87. The second kappa shape index (κ2) is 8.55. The van der Waals surface area contributed by atoms with Crippen LogP contribution in [0.1, 0.15) is 5.56 Å². The Bertz CT molecular complexity index is 820. The number of amides is 2. The van der Waals surface area contributed by atoms with Crippen LogP contribution in [-0.4, -0.2) is 45.2 Å². The van der Waals surface area contributed by atoms with E-state index in [1.807, 2.05) is 31.2 Å². The molecule has 1 aliphatic heterocycles. The Morgan fingerprint density at radius 3 is 2.11 bits per heavy atom. The summed E-state index contributed by atoms with van der Waals surface area (Å²) in [5.41, 5.74) is 2.52. The zero-order chi connectivity index (χ0) is 19.2. The maximum Gasteiger partial charge on any atom is 0.279 e. The minimum absolute atomic E-state index is 0.136. The van der Waals surface area contributed by atoms with Crippen molar-refractivity contribution in [2.45, 2.75) is 6.92 Å². The van der Waals surface area contributed by atoms with Gasteiger partial charge in [0.15, 0.2) is 24.6 Å². The molecule has 0 aromatic heterocycles. The molecule has 0 aliphatic carbocycles. The molecule has 7 nitrogen and oxygen atoms in total. The number of benzene rings is 2. The van der Waals surface area contributed by atoms with Crippen LogP contribution < -0.4 is 25.0 Å². The lowest BCUT2D eigenvalue weighted by Crippen LogP contribution is -3.11. The van der Waals surface area contributed by atoms with Crippen LogP contribution in [0.2, 0.25) is 0 Å². The van der Waals surface area contributed by atoms with Gasteiger partial charge < -0.3 is 25.0 Å². The van der Waals surface area contributed by atoms with E-state index < -0.39 is 0 Å². The van der Waals surface area contributed by atoms with Gasteiger partial charge in [0.05, 0.1) is 7.05 Å². The summed E-state index contributed by atoms with van der Waals surface area (Å²) in [5.74, 6) is 0.989. The molecule has 3 rings (SSSR count). The number of quaternary nitrogens is 1. The van der Waals surface area contributed by atoms with E-state index in [9.17, 15) is 9.59 Å². The van der Waals surface area contributed by atoms with Crippen molar-refractivity contribution in [2.24, 2.45) is 0 Å². The number of hydrogen-bond donors (Lipinski definition) is 3. The lowest BCUT2D eigenvalue weighted by Gasteiger charge is -2.19. The van der Waals surface area contributed by atoms with E-state index in [0.29, 0.717) is 30.4 Å². The molecule has 2 amide bonds. The fraction of sp³-hybridized carbons (Fsp3) is 0.300. The van der Waals surface area contributed by atoms with E-state index in [1.54, 1.807) is 25.2 Å². The maximum absolute atomic E-state index is 12.2. The van der Waals surface area contributed by atoms with Crippen molar-refractivity contribution >= 4 is 23.2 Å². The van der Waals surface area contributed by atoms with Gasteiger partial charge in [0, 0.05) is 17.4 Å². The highest BCUT2D eigenvalue weighted by atomic mass is 16.6. The third-order valence-electron chi connectivity index (χ3n) is 4.09. The van der Waals surface area contributed by atoms with E-state index in [4.69, 9.17) is 9.47 Å². The quantitative estimate of drug-likeness (QED) is 0.705. The molecule has 0 spiro atoms. The van der Waals surface area contributed by atoms with Gasteiger partial charge in [-0.25, -0.2) is 0 Å². The molecular weight excluding hydrogens is 346 g/mol. The molecule has 3 N–H and O–H groups in total. The van der Waals surface area contributed by atoms with Gasteiger partial charge in [-0.15, -0.1) is 0 Å². The van der Waals surface area contributed by atoms with Gasteiger partial charge in [0.1, 0.15) is 13.2 Å². The molecule has 0 saturated heterocycles. The van der Waals surface area contributed by atoms with Crippen molar-refractivity contribution in [1.29, 1.82) is 0 Å². The Morgan fingerprint density at radius 1 is 0.889 bits per heavy atom. The van der Waals surface area contributed by atoms with Gasteiger partial charge >= 0.3 is 0 Å². The van der Waals surface area contributed by atoms with Crippen molar-refractivity contribution in [1.82, 2.24) is 0 Å². The van der Waals surface area contributed by atoms with Crippen molar-refractivity contribution < 1.29 is 24.0 Å². The maximum atomic E-state index is 12.2. The average Bonchev–Trinajstić information content (AvgIpc) is 2.63. The molecule has 1 unspecified atom stereocenters. The topological polar surface area (TPSA) is 81.1 Å². The molecule has 0 bridgehead atoms. The highest BCUT2D eigenvalue weighted by molar-refractivity contribution is 5.93. The molecule has 1 aliphatic rings. The van der Waals surface area contributed by atoms with Crippen LogP contribution in [-0.2, 0) is 9.59 Å². The molecule has 2 aromatic carbocycles. The van der Waals surface area contributed by atoms with Crippen LogP contribution >= 0.6 is 0 Å². The first-order valence-corrected chi connectivity index (χ1v) is 8.87. The number of hydrogen-bond acceptors (Lipinski definition) is 4. The average molecular weight is 370 g/mol. The Morgan fingerprint density at radius 2 is 1.44 bits per heavy atom. The summed E-state index contributed by atoms with van der Waals surface area (Å²) < 4.78 is 11.0. The first-order chi connectivity index (χ1) is 13.0. The molecule has 2 aromatic rings. The predicted molar refractivity (Wildman–Crippen MR) is 102 cm³/mol. The summed E-state index contributed by atoms with van der Waals surface area (Å²) in [7, 11) is 1.80. The van der Waals surface area contributed by atoms with Gasteiger partial charge in [-0.2, -0.15) is 0 Å². The Balaban J connectivity index is 1.47. The molecule has 27 heavy (non-hydrogen) atoms. The number of nitrogens with one attached hydrogen (secondary N) is 3. The van der Waals surface area contributed by atoms with Crippen LogP contribution in [0.5, 0.6) is 11.5 Å². The number of anilines is 2. The van der Waals surface area contributed by atoms with Crippen LogP contribution in [0.25, 0.3) is 0 Å². The Hall–Kier alpha value is -3.06. The van der Waals surface area contributed by atoms with E-state index in [0.717, 1.165) is 16.2 Å². The van der Waals surface area contributed by atoms with Crippen LogP contribution in [0, 0.1) is 6.92 Å². The number of aryl methyl sites for hydroxylation is 1. The Labute approximate surface area is 158 Å². The number of likely N-dealkylation sites (N-methyl/N-ethyl adjacent to an activating group) is 1. The molecule has 7 heteroatoms. The normalized spacial score (nSPS) is 13.6. The molecule has 0 fully saturated rings. The van der Waals surface area contributed by atoms with Gasteiger partial charge in [-0.3, -0.25) is 9.59 Å². The lowest BCUT2D eigenvalue weighted by molar-refractivity contribution is -0.862. The highest BCUT2D eigenvalue weighted by Crippen LogP contribution is 2.32. The smallest absolute Gasteiger partial charge is 0.279 e. The monoisotopic (exact) mass is 370 g/mol. The zero-order valence-corrected chi connectivity index (χ0v) is 15.5. The van der Waals surface area contributed by atoms with Crippen LogP contribution in [0.15, 0.2) is 42.5 Å². The summed E-state index contributed by atoms with van der Waals surface area (Å²) in [6.45, 7) is 3.38. The summed E-state index contributed by atoms with van der Waals surface area (Å²) in [5, 5.41) is 5.66. The van der Waals surface area contributed by atoms with Crippen molar-refractivity contribution in [3.63, 3.8) is 0 Å². The molecule has 1 atom stereocenters. The SMILES string of the molecule is Cc1ccc(NC(=O)C[NH+](C)CC(=O)Nc2ccc3c(c2)OCCO3)cc1. The minimum atomic E-state index is -0.174. The van der Waals surface area contributed by atoms with Crippen molar-refractivity contribution in [2.75, 3.05) is 44.0 Å².